The molecule has 1 N–H and O–H groups in total. The van der Waals surface area contributed by atoms with E-state index in [1.54, 1.807) is 0 Å². The van der Waals surface area contributed by atoms with Crippen LogP contribution in [0.4, 0.5) is 0 Å². The van der Waals surface area contributed by atoms with Crippen molar-refractivity contribution in [2.24, 2.45) is 0 Å². The van der Waals surface area contributed by atoms with Crippen molar-refractivity contribution < 1.29 is 9.69 Å². The summed E-state index contributed by atoms with van der Waals surface area (Å²) in [4.78, 5) is 17.4. The predicted molar refractivity (Wildman–Crippen MR) is 28.4 cm³/mol. The summed E-state index contributed by atoms with van der Waals surface area (Å²) in [6.45, 7) is 1.35. The molecule has 0 aliphatic heterocycles. The molecule has 2 nitrogen and oxygen atoms in total. The molecule has 0 heterocycles. The van der Waals surface area contributed by atoms with Crippen LogP contribution in [0.15, 0.2) is 0 Å². The van der Waals surface area contributed by atoms with Gasteiger partial charge in [-0.1, -0.05) is 0 Å². The van der Waals surface area contributed by atoms with E-state index < -0.39 is 8.81 Å². The quantitative estimate of drug-likeness (QED) is 0.355. The number of carbonyl (C=O) groups is 1. The molecule has 0 rings (SSSR count). The molecular weight excluding hydrogens is 93.9 g/mol. The SMILES string of the molecule is CC(=O)PO.[LiH]. The maximum atomic E-state index is 9.57. The zero-order valence-corrected chi connectivity index (χ0v) is 3.86. The third-order valence-corrected chi connectivity index (χ3v) is 0.472. The van der Waals surface area contributed by atoms with E-state index >= 15 is 0 Å². The van der Waals surface area contributed by atoms with Crippen molar-refractivity contribution in [1.29, 1.82) is 0 Å². The van der Waals surface area contributed by atoms with Crippen LogP contribution in [0.3, 0.4) is 0 Å². The summed E-state index contributed by atoms with van der Waals surface area (Å²) in [6, 6.07) is 0. The number of rotatable bonds is 1. The van der Waals surface area contributed by atoms with Gasteiger partial charge in [-0.2, -0.15) is 0 Å². The van der Waals surface area contributed by atoms with Crippen LogP contribution in [-0.4, -0.2) is 29.3 Å². The van der Waals surface area contributed by atoms with Crippen LogP contribution in [-0.2, 0) is 4.79 Å². The Kier molecular flexibility index (Phi) is 9.26. The van der Waals surface area contributed by atoms with Gasteiger partial charge in [0.1, 0.15) is 0 Å². The van der Waals surface area contributed by atoms with E-state index in [4.69, 9.17) is 4.89 Å². The molecule has 0 saturated carbocycles. The van der Waals surface area contributed by atoms with Gasteiger partial charge in [-0.3, -0.25) is 4.79 Å². The van der Waals surface area contributed by atoms with Crippen molar-refractivity contribution in [2.75, 3.05) is 0 Å². The first kappa shape index (κ1) is 9.82. The molecule has 0 bridgehead atoms. The van der Waals surface area contributed by atoms with Crippen molar-refractivity contribution in [3.8, 4) is 0 Å². The Morgan fingerprint density at radius 1 is 1.83 bits per heavy atom. The van der Waals surface area contributed by atoms with Crippen LogP contribution < -0.4 is 0 Å². The second-order valence-electron chi connectivity index (χ2n) is 0.668. The second kappa shape index (κ2) is 5.66. The van der Waals surface area contributed by atoms with Crippen LogP contribution in [0.25, 0.3) is 0 Å². The molecule has 4 heteroatoms. The van der Waals surface area contributed by atoms with Gasteiger partial charge in [0.15, 0.2) is 5.52 Å². The average Bonchev–Trinajstić information content (AvgIpc) is 1.38. The molecule has 32 valence electrons. The minimum atomic E-state index is -0.525. The maximum absolute atomic E-state index is 9.57. The summed E-state index contributed by atoms with van der Waals surface area (Å²) < 4.78 is 0. The average molecular weight is 100.0 g/mol. The van der Waals surface area contributed by atoms with E-state index in [1.165, 1.54) is 6.92 Å². The van der Waals surface area contributed by atoms with Gasteiger partial charge in [0, 0.05) is 6.92 Å². The topological polar surface area (TPSA) is 37.3 Å². The van der Waals surface area contributed by atoms with Crippen LogP contribution in [0.5, 0.6) is 0 Å². The summed E-state index contributed by atoms with van der Waals surface area (Å²) in [5.41, 5.74) is -0.162. The van der Waals surface area contributed by atoms with Crippen molar-refractivity contribution >= 4 is 33.2 Å². The fourth-order valence-corrected chi connectivity index (χ4v) is 0. The van der Waals surface area contributed by atoms with Gasteiger partial charge in [0.2, 0.25) is 0 Å². The molecule has 0 fully saturated rings. The van der Waals surface area contributed by atoms with E-state index in [1.807, 2.05) is 0 Å². The first-order valence-electron chi connectivity index (χ1n) is 1.18. The van der Waals surface area contributed by atoms with E-state index in [0.29, 0.717) is 0 Å². The Labute approximate surface area is 50.4 Å². The van der Waals surface area contributed by atoms with E-state index in [2.05, 4.69) is 0 Å². The Morgan fingerprint density at radius 2 is 2.00 bits per heavy atom. The third-order valence-electron chi connectivity index (χ3n) is 0.157. The van der Waals surface area contributed by atoms with Gasteiger partial charge in [0.25, 0.3) is 0 Å². The molecule has 0 aromatic rings. The molecular formula is C2H6LiO2P. The monoisotopic (exact) mass is 100 g/mol. The van der Waals surface area contributed by atoms with Crippen molar-refractivity contribution in [2.45, 2.75) is 6.92 Å². The molecule has 0 radical (unpaired) electrons. The molecule has 0 spiro atoms. The van der Waals surface area contributed by atoms with E-state index in [-0.39, 0.29) is 24.4 Å². The summed E-state index contributed by atoms with van der Waals surface area (Å²) >= 11 is 0. The van der Waals surface area contributed by atoms with E-state index in [9.17, 15) is 4.79 Å². The first-order valence-corrected chi connectivity index (χ1v) is 2.12. The molecule has 1 atom stereocenters. The molecule has 0 amide bonds. The van der Waals surface area contributed by atoms with Crippen LogP contribution in [0, 0.1) is 0 Å². The Bertz CT molecular complexity index is 46.8. The van der Waals surface area contributed by atoms with Crippen molar-refractivity contribution in [1.82, 2.24) is 0 Å². The Hall–Kier alpha value is 0.657. The standard InChI is InChI=1S/C2H5O2P.Li.H/c1-2(3)5-4;;/h4-5H,1H3;;. The number of carbonyl (C=O) groups excluding carboxylic acids is 1. The summed E-state index contributed by atoms with van der Waals surface area (Å²) in [7, 11) is -0.525. The van der Waals surface area contributed by atoms with Crippen LogP contribution in [0.2, 0.25) is 0 Å². The third kappa shape index (κ3) is 8.82. The molecule has 0 aliphatic rings. The number of hydrogen-bond acceptors (Lipinski definition) is 2. The molecule has 1 unspecified atom stereocenters. The Morgan fingerprint density at radius 3 is 2.00 bits per heavy atom. The molecule has 0 saturated heterocycles. The van der Waals surface area contributed by atoms with Gasteiger partial charge < -0.3 is 4.89 Å². The summed E-state index contributed by atoms with van der Waals surface area (Å²) in [5.74, 6) is 0. The molecule has 0 aromatic carbocycles. The second-order valence-corrected chi connectivity index (χ2v) is 1.60. The van der Waals surface area contributed by atoms with E-state index in [0.717, 1.165) is 0 Å². The fourth-order valence-electron chi connectivity index (χ4n) is 0. The molecule has 0 aromatic heterocycles. The van der Waals surface area contributed by atoms with Gasteiger partial charge in [-0.05, 0) is 0 Å². The normalized spacial score (nSPS) is 8.33. The number of hydrogen-bond donors (Lipinski definition) is 1. The molecule has 0 aliphatic carbocycles. The van der Waals surface area contributed by atoms with Gasteiger partial charge >= 0.3 is 18.9 Å². The minimum absolute atomic E-state index is 0. The summed E-state index contributed by atoms with van der Waals surface area (Å²) in [5, 5.41) is 0. The van der Waals surface area contributed by atoms with Gasteiger partial charge in [-0.15, -0.1) is 0 Å². The van der Waals surface area contributed by atoms with Crippen LogP contribution in [0.1, 0.15) is 6.92 Å². The summed E-state index contributed by atoms with van der Waals surface area (Å²) in [6.07, 6.45) is 0. The first-order chi connectivity index (χ1) is 2.27. The zero-order valence-electron chi connectivity index (χ0n) is 2.86. The van der Waals surface area contributed by atoms with Gasteiger partial charge in [0.05, 0.1) is 8.81 Å². The van der Waals surface area contributed by atoms with Gasteiger partial charge in [-0.25, -0.2) is 0 Å². The van der Waals surface area contributed by atoms with Crippen molar-refractivity contribution in [3.05, 3.63) is 0 Å². The predicted octanol–water partition coefficient (Wildman–Crippen LogP) is -0.530. The zero-order chi connectivity index (χ0) is 4.28. The Balaban J connectivity index is 0. The van der Waals surface area contributed by atoms with Crippen LogP contribution >= 0.6 is 8.81 Å². The van der Waals surface area contributed by atoms with Crippen molar-refractivity contribution in [3.63, 3.8) is 0 Å². The molecule has 6 heavy (non-hydrogen) atoms. The fraction of sp³-hybridized carbons (Fsp3) is 0.500.